The van der Waals surface area contributed by atoms with Crippen LogP contribution in [0.25, 0.3) is 0 Å². The quantitative estimate of drug-likeness (QED) is 0.838. The molecule has 0 bridgehead atoms. The van der Waals surface area contributed by atoms with Crippen LogP contribution >= 0.6 is 0 Å². The summed E-state index contributed by atoms with van der Waals surface area (Å²) in [5, 5.41) is 0. The fourth-order valence-corrected chi connectivity index (χ4v) is 3.15. The fraction of sp³-hybridized carbons (Fsp3) is 0.625. The Bertz CT molecular complexity index is 665. The zero-order valence-electron chi connectivity index (χ0n) is 12.9. The molecular formula is C16H19F2NO4. The van der Waals surface area contributed by atoms with Crippen LogP contribution < -0.4 is 5.63 Å². The minimum atomic E-state index is -2.90. The van der Waals surface area contributed by atoms with Gasteiger partial charge in [0, 0.05) is 19.6 Å². The van der Waals surface area contributed by atoms with E-state index >= 15 is 0 Å². The van der Waals surface area contributed by atoms with Crippen molar-refractivity contribution in [3.8, 4) is 0 Å². The summed E-state index contributed by atoms with van der Waals surface area (Å²) in [4.78, 5) is 25.7. The number of hydrogen-bond donors (Lipinski definition) is 0. The van der Waals surface area contributed by atoms with Crippen LogP contribution in [0.5, 0.6) is 0 Å². The van der Waals surface area contributed by atoms with Crippen molar-refractivity contribution in [3.63, 3.8) is 0 Å². The first kappa shape index (κ1) is 16.1. The summed E-state index contributed by atoms with van der Waals surface area (Å²) in [6.45, 7) is 1.79. The molecule has 0 N–H and O–H groups in total. The SMILES string of the molecule is Cc1cc(C2CCCO2)oc(=O)c1C(=O)N1CCCC(F)(F)C1. The van der Waals surface area contributed by atoms with E-state index in [1.54, 1.807) is 13.0 Å². The molecule has 1 aromatic heterocycles. The van der Waals surface area contributed by atoms with Crippen molar-refractivity contribution in [2.24, 2.45) is 0 Å². The van der Waals surface area contributed by atoms with Gasteiger partial charge in [-0.3, -0.25) is 4.79 Å². The second kappa shape index (κ2) is 6.03. The van der Waals surface area contributed by atoms with Crippen LogP contribution in [0.4, 0.5) is 8.78 Å². The molecule has 3 rings (SSSR count). The lowest BCUT2D eigenvalue weighted by molar-refractivity contribution is -0.0561. The van der Waals surface area contributed by atoms with E-state index in [0.29, 0.717) is 17.9 Å². The van der Waals surface area contributed by atoms with Crippen LogP contribution in [-0.2, 0) is 4.74 Å². The lowest BCUT2D eigenvalue weighted by atomic mass is 10.0. The van der Waals surface area contributed by atoms with Gasteiger partial charge >= 0.3 is 5.63 Å². The molecule has 0 spiro atoms. The molecule has 0 aliphatic carbocycles. The Hall–Kier alpha value is -1.76. The number of likely N-dealkylation sites (tertiary alicyclic amines) is 1. The number of piperidine rings is 1. The Balaban J connectivity index is 1.87. The second-order valence-corrected chi connectivity index (χ2v) is 6.18. The topological polar surface area (TPSA) is 59.8 Å². The number of hydrogen-bond acceptors (Lipinski definition) is 4. The molecule has 2 aliphatic heterocycles. The maximum Gasteiger partial charge on any atom is 0.349 e. The number of alkyl halides is 2. The van der Waals surface area contributed by atoms with Gasteiger partial charge in [-0.25, -0.2) is 13.6 Å². The molecule has 1 aromatic rings. The maximum atomic E-state index is 13.5. The summed E-state index contributed by atoms with van der Waals surface area (Å²) in [5.41, 5.74) is -0.510. The third-order valence-corrected chi connectivity index (χ3v) is 4.31. The molecule has 5 nitrogen and oxygen atoms in total. The molecule has 1 atom stereocenters. The van der Waals surface area contributed by atoms with E-state index in [-0.39, 0.29) is 31.1 Å². The van der Waals surface area contributed by atoms with E-state index in [1.165, 1.54) is 0 Å². The van der Waals surface area contributed by atoms with Crippen molar-refractivity contribution in [2.75, 3.05) is 19.7 Å². The number of ether oxygens (including phenoxy) is 1. The largest absolute Gasteiger partial charge is 0.424 e. The van der Waals surface area contributed by atoms with Crippen molar-refractivity contribution in [2.45, 2.75) is 44.6 Å². The summed E-state index contributed by atoms with van der Waals surface area (Å²) in [5.74, 6) is -3.19. The highest BCUT2D eigenvalue weighted by molar-refractivity contribution is 5.95. The number of carbonyl (C=O) groups is 1. The van der Waals surface area contributed by atoms with E-state index in [2.05, 4.69) is 0 Å². The summed E-state index contributed by atoms with van der Waals surface area (Å²) in [6, 6.07) is 1.60. The zero-order valence-corrected chi connectivity index (χ0v) is 12.9. The molecule has 23 heavy (non-hydrogen) atoms. The highest BCUT2D eigenvalue weighted by atomic mass is 19.3. The standard InChI is InChI=1S/C16H19F2NO4/c1-10-8-12(11-4-2-7-22-11)23-15(21)13(10)14(20)19-6-3-5-16(17,18)9-19/h8,11H,2-7,9H2,1H3. The highest BCUT2D eigenvalue weighted by Gasteiger charge is 2.38. The van der Waals surface area contributed by atoms with Gasteiger partial charge in [0.2, 0.25) is 0 Å². The Labute approximate surface area is 132 Å². The van der Waals surface area contributed by atoms with Gasteiger partial charge in [0.1, 0.15) is 17.4 Å². The third-order valence-electron chi connectivity index (χ3n) is 4.31. The van der Waals surface area contributed by atoms with Crippen LogP contribution in [0.1, 0.15) is 53.5 Å². The first-order valence-corrected chi connectivity index (χ1v) is 7.81. The van der Waals surface area contributed by atoms with Crippen molar-refractivity contribution >= 4 is 5.91 Å². The van der Waals surface area contributed by atoms with Gasteiger partial charge in [-0.15, -0.1) is 0 Å². The monoisotopic (exact) mass is 327 g/mol. The van der Waals surface area contributed by atoms with Gasteiger partial charge in [-0.2, -0.15) is 0 Å². The number of rotatable bonds is 2. The molecule has 0 aromatic carbocycles. The average Bonchev–Trinajstić information content (AvgIpc) is 2.99. The van der Waals surface area contributed by atoms with Gasteiger partial charge < -0.3 is 14.1 Å². The van der Waals surface area contributed by atoms with Crippen molar-refractivity contribution < 1.29 is 22.7 Å². The third kappa shape index (κ3) is 3.29. The van der Waals surface area contributed by atoms with Crippen LogP contribution in [-0.4, -0.2) is 36.4 Å². The molecule has 2 aliphatic rings. The smallest absolute Gasteiger partial charge is 0.349 e. The van der Waals surface area contributed by atoms with Crippen LogP contribution in [0.15, 0.2) is 15.3 Å². The molecule has 3 heterocycles. The van der Waals surface area contributed by atoms with Crippen LogP contribution in [0, 0.1) is 6.92 Å². The minimum Gasteiger partial charge on any atom is -0.424 e. The van der Waals surface area contributed by atoms with Gasteiger partial charge in [-0.1, -0.05) is 0 Å². The normalized spacial score (nSPS) is 24.0. The van der Waals surface area contributed by atoms with Crippen LogP contribution in [0.2, 0.25) is 0 Å². The van der Waals surface area contributed by atoms with Gasteiger partial charge in [0.25, 0.3) is 11.8 Å². The lowest BCUT2D eigenvalue weighted by Gasteiger charge is -2.32. The molecule has 1 amide bonds. The zero-order chi connectivity index (χ0) is 16.6. The highest BCUT2D eigenvalue weighted by Crippen LogP contribution is 2.30. The molecular weight excluding hydrogens is 308 g/mol. The molecule has 0 saturated carbocycles. The molecule has 0 radical (unpaired) electrons. The van der Waals surface area contributed by atoms with Crippen LogP contribution in [0.3, 0.4) is 0 Å². The van der Waals surface area contributed by atoms with E-state index in [9.17, 15) is 18.4 Å². The maximum absolute atomic E-state index is 13.5. The van der Waals surface area contributed by atoms with Gasteiger partial charge in [-0.05, 0) is 37.8 Å². The van der Waals surface area contributed by atoms with E-state index < -0.39 is 24.0 Å². The predicted octanol–water partition coefficient (Wildman–Crippen LogP) is 2.67. The Kier molecular flexibility index (Phi) is 4.23. The van der Waals surface area contributed by atoms with Crippen molar-refractivity contribution in [1.29, 1.82) is 0 Å². The number of carbonyl (C=O) groups excluding carboxylic acids is 1. The Morgan fingerprint density at radius 3 is 2.78 bits per heavy atom. The first-order valence-electron chi connectivity index (χ1n) is 7.81. The number of amides is 1. The number of aryl methyl sites for hydroxylation is 1. The average molecular weight is 327 g/mol. The van der Waals surface area contributed by atoms with Crippen molar-refractivity contribution in [3.05, 3.63) is 33.4 Å². The lowest BCUT2D eigenvalue weighted by Crippen LogP contribution is -2.47. The molecule has 1 unspecified atom stereocenters. The number of nitrogens with zero attached hydrogens (tertiary/aromatic N) is 1. The van der Waals surface area contributed by atoms with Gasteiger partial charge in [0.05, 0.1) is 6.54 Å². The molecule has 7 heteroatoms. The summed E-state index contributed by atoms with van der Waals surface area (Å²) < 4.78 is 37.7. The predicted molar refractivity (Wildman–Crippen MR) is 77.7 cm³/mol. The van der Waals surface area contributed by atoms with Gasteiger partial charge in [0.15, 0.2) is 0 Å². The van der Waals surface area contributed by atoms with E-state index in [4.69, 9.17) is 9.15 Å². The fourth-order valence-electron chi connectivity index (χ4n) is 3.15. The Morgan fingerprint density at radius 2 is 2.17 bits per heavy atom. The Morgan fingerprint density at radius 1 is 1.39 bits per heavy atom. The molecule has 126 valence electrons. The van der Waals surface area contributed by atoms with E-state index in [0.717, 1.165) is 17.7 Å². The molecule has 2 fully saturated rings. The first-order chi connectivity index (χ1) is 10.9. The minimum absolute atomic E-state index is 0.163. The van der Waals surface area contributed by atoms with E-state index in [1.807, 2.05) is 0 Å². The second-order valence-electron chi connectivity index (χ2n) is 6.18. The number of halogens is 2. The molecule has 2 saturated heterocycles. The van der Waals surface area contributed by atoms with Crippen molar-refractivity contribution in [1.82, 2.24) is 4.90 Å². The summed E-state index contributed by atoms with van der Waals surface area (Å²) in [6.07, 6.45) is 1.36. The summed E-state index contributed by atoms with van der Waals surface area (Å²) >= 11 is 0. The summed E-state index contributed by atoms with van der Waals surface area (Å²) in [7, 11) is 0.